The summed E-state index contributed by atoms with van der Waals surface area (Å²) in [5, 5.41) is 2.01. The predicted octanol–water partition coefficient (Wildman–Crippen LogP) is 1.87. The number of nitrogens with one attached hydrogen (secondary N) is 1. The van der Waals surface area contributed by atoms with Crippen LogP contribution in [0.5, 0.6) is 11.5 Å². The minimum atomic E-state index is -3.66. The van der Waals surface area contributed by atoms with E-state index in [0.29, 0.717) is 44.5 Å². The van der Waals surface area contributed by atoms with Gasteiger partial charge < -0.3 is 14.2 Å². The molecule has 1 fully saturated rings. The molecule has 9 heteroatoms. The van der Waals surface area contributed by atoms with Crippen LogP contribution in [0.1, 0.15) is 10.9 Å². The Bertz CT molecular complexity index is 864. The second kappa shape index (κ2) is 8.15. The van der Waals surface area contributed by atoms with Crippen molar-refractivity contribution in [1.29, 1.82) is 0 Å². The Morgan fingerprint density at radius 2 is 1.85 bits per heavy atom. The lowest BCUT2D eigenvalue weighted by molar-refractivity contribution is 0.0179. The van der Waals surface area contributed by atoms with E-state index in [2.05, 4.69) is 9.62 Å². The summed E-state index contributed by atoms with van der Waals surface area (Å²) in [6.07, 6.45) is 0. The van der Waals surface area contributed by atoms with Gasteiger partial charge in [-0.15, -0.1) is 11.3 Å². The fourth-order valence-electron chi connectivity index (χ4n) is 3.24. The molecule has 0 aliphatic carbocycles. The van der Waals surface area contributed by atoms with E-state index in [0.717, 1.165) is 18.0 Å². The first-order valence-electron chi connectivity index (χ1n) is 8.88. The number of thiophene rings is 1. The van der Waals surface area contributed by atoms with E-state index in [-0.39, 0.29) is 10.9 Å². The maximum atomic E-state index is 12.8. The summed E-state index contributed by atoms with van der Waals surface area (Å²) in [4.78, 5) is 3.59. The van der Waals surface area contributed by atoms with Crippen LogP contribution in [-0.2, 0) is 14.8 Å². The Morgan fingerprint density at radius 1 is 1.07 bits per heavy atom. The molecule has 0 amide bonds. The number of rotatable bonds is 6. The van der Waals surface area contributed by atoms with Gasteiger partial charge in [0.2, 0.25) is 10.0 Å². The van der Waals surface area contributed by atoms with E-state index in [1.807, 2.05) is 17.5 Å². The minimum Gasteiger partial charge on any atom is -0.486 e. The number of morpholine rings is 1. The van der Waals surface area contributed by atoms with Gasteiger partial charge in [-0.25, -0.2) is 13.1 Å². The Balaban J connectivity index is 1.51. The normalized spacial score (nSPS) is 19.0. The predicted molar refractivity (Wildman–Crippen MR) is 102 cm³/mol. The lowest BCUT2D eigenvalue weighted by Crippen LogP contribution is -2.43. The van der Waals surface area contributed by atoms with Crippen molar-refractivity contribution in [2.24, 2.45) is 0 Å². The molecule has 1 aromatic carbocycles. The Kier molecular flexibility index (Phi) is 5.65. The quantitative estimate of drug-likeness (QED) is 0.784. The summed E-state index contributed by atoms with van der Waals surface area (Å²) in [6.45, 7) is 4.09. The first kappa shape index (κ1) is 18.7. The van der Waals surface area contributed by atoms with Gasteiger partial charge in [-0.2, -0.15) is 0 Å². The third-order valence-electron chi connectivity index (χ3n) is 4.65. The van der Waals surface area contributed by atoms with Crippen LogP contribution in [0.15, 0.2) is 40.6 Å². The van der Waals surface area contributed by atoms with Gasteiger partial charge in [0.25, 0.3) is 0 Å². The molecule has 2 aliphatic heterocycles. The SMILES string of the molecule is O=S(=O)(NC[C@H](c1cccs1)N1CCOCC1)c1ccc2c(c1)OCCO2. The van der Waals surface area contributed by atoms with Crippen molar-refractivity contribution in [2.45, 2.75) is 10.9 Å². The highest BCUT2D eigenvalue weighted by Crippen LogP contribution is 2.32. The Labute approximate surface area is 162 Å². The average Bonchev–Trinajstić information content (AvgIpc) is 3.23. The van der Waals surface area contributed by atoms with Crippen molar-refractivity contribution in [2.75, 3.05) is 46.1 Å². The van der Waals surface area contributed by atoms with E-state index >= 15 is 0 Å². The number of hydrogen-bond acceptors (Lipinski definition) is 7. The van der Waals surface area contributed by atoms with Crippen LogP contribution < -0.4 is 14.2 Å². The lowest BCUT2D eigenvalue weighted by Gasteiger charge is -2.34. The summed E-state index contributed by atoms with van der Waals surface area (Å²) in [6, 6.07) is 8.73. The smallest absolute Gasteiger partial charge is 0.240 e. The van der Waals surface area contributed by atoms with E-state index in [4.69, 9.17) is 14.2 Å². The molecule has 0 unspecified atom stereocenters. The zero-order valence-electron chi connectivity index (χ0n) is 14.8. The van der Waals surface area contributed by atoms with Gasteiger partial charge in [-0.1, -0.05) is 6.07 Å². The number of sulfonamides is 1. The van der Waals surface area contributed by atoms with Crippen molar-refractivity contribution < 1.29 is 22.6 Å². The van der Waals surface area contributed by atoms with Crippen LogP contribution in [0.25, 0.3) is 0 Å². The van der Waals surface area contributed by atoms with Gasteiger partial charge in [0.05, 0.1) is 24.2 Å². The van der Waals surface area contributed by atoms with Gasteiger partial charge in [-0.05, 0) is 23.6 Å². The average molecular weight is 411 g/mol. The molecule has 1 atom stereocenters. The maximum absolute atomic E-state index is 12.8. The van der Waals surface area contributed by atoms with E-state index in [1.54, 1.807) is 23.5 Å². The highest BCUT2D eigenvalue weighted by Gasteiger charge is 2.26. The molecule has 0 bridgehead atoms. The van der Waals surface area contributed by atoms with Crippen molar-refractivity contribution in [3.05, 3.63) is 40.6 Å². The number of hydrogen-bond donors (Lipinski definition) is 1. The number of fused-ring (bicyclic) bond motifs is 1. The summed E-state index contributed by atoms with van der Waals surface area (Å²) in [5.41, 5.74) is 0. The molecule has 2 aromatic rings. The maximum Gasteiger partial charge on any atom is 0.240 e. The fourth-order valence-corrected chi connectivity index (χ4v) is 5.16. The topological polar surface area (TPSA) is 77.1 Å². The van der Waals surface area contributed by atoms with Crippen LogP contribution in [-0.4, -0.2) is 59.4 Å². The van der Waals surface area contributed by atoms with Gasteiger partial charge in [0.15, 0.2) is 11.5 Å². The van der Waals surface area contributed by atoms with Crippen LogP contribution in [0.4, 0.5) is 0 Å². The minimum absolute atomic E-state index is 0.0131. The first-order chi connectivity index (χ1) is 13.1. The molecule has 0 radical (unpaired) electrons. The van der Waals surface area contributed by atoms with E-state index in [1.165, 1.54) is 6.07 Å². The standard InChI is InChI=1S/C18H22N2O5S2/c21-27(22,14-3-4-16-17(12-14)25-10-9-24-16)19-13-15(18-2-1-11-26-18)20-5-7-23-8-6-20/h1-4,11-12,15,19H,5-10,13H2/t15-/m1/s1. The molecular weight excluding hydrogens is 388 g/mol. The second-order valence-corrected chi connectivity index (χ2v) is 9.08. The second-order valence-electron chi connectivity index (χ2n) is 6.34. The Hall–Kier alpha value is -1.65. The van der Waals surface area contributed by atoms with Crippen molar-refractivity contribution in [3.63, 3.8) is 0 Å². The lowest BCUT2D eigenvalue weighted by atomic mass is 10.2. The molecule has 1 saturated heterocycles. The molecule has 146 valence electrons. The largest absolute Gasteiger partial charge is 0.486 e. The van der Waals surface area contributed by atoms with Crippen molar-refractivity contribution in [3.8, 4) is 11.5 Å². The van der Waals surface area contributed by atoms with Gasteiger partial charge in [0.1, 0.15) is 13.2 Å². The van der Waals surface area contributed by atoms with E-state index < -0.39 is 10.0 Å². The molecule has 0 saturated carbocycles. The fraction of sp³-hybridized carbons (Fsp3) is 0.444. The van der Waals surface area contributed by atoms with Gasteiger partial charge in [-0.3, -0.25) is 4.90 Å². The van der Waals surface area contributed by atoms with Gasteiger partial charge >= 0.3 is 0 Å². The van der Waals surface area contributed by atoms with Crippen molar-refractivity contribution in [1.82, 2.24) is 9.62 Å². The summed E-state index contributed by atoms with van der Waals surface area (Å²) in [5.74, 6) is 1.04. The van der Waals surface area contributed by atoms with Crippen molar-refractivity contribution >= 4 is 21.4 Å². The molecule has 2 aliphatic rings. The molecule has 4 rings (SSSR count). The van der Waals surface area contributed by atoms with Crippen LogP contribution in [0, 0.1) is 0 Å². The zero-order chi connectivity index (χ0) is 18.7. The van der Waals surface area contributed by atoms with Crippen LogP contribution in [0.2, 0.25) is 0 Å². The number of benzene rings is 1. The number of ether oxygens (including phenoxy) is 3. The number of nitrogens with zero attached hydrogens (tertiary/aromatic N) is 1. The molecule has 27 heavy (non-hydrogen) atoms. The molecule has 1 aromatic heterocycles. The summed E-state index contributed by atoms with van der Waals surface area (Å²) < 4.78 is 44.8. The van der Waals surface area contributed by atoms with Gasteiger partial charge in [0, 0.05) is 30.6 Å². The zero-order valence-corrected chi connectivity index (χ0v) is 16.4. The highest BCUT2D eigenvalue weighted by molar-refractivity contribution is 7.89. The highest BCUT2D eigenvalue weighted by atomic mass is 32.2. The van der Waals surface area contributed by atoms with Crippen LogP contribution in [0.3, 0.4) is 0 Å². The molecule has 7 nitrogen and oxygen atoms in total. The molecular formula is C18H22N2O5S2. The Morgan fingerprint density at radius 3 is 2.59 bits per heavy atom. The third-order valence-corrected chi connectivity index (χ3v) is 7.04. The summed E-state index contributed by atoms with van der Waals surface area (Å²) >= 11 is 1.64. The van der Waals surface area contributed by atoms with E-state index in [9.17, 15) is 8.42 Å². The first-order valence-corrected chi connectivity index (χ1v) is 11.2. The van der Waals surface area contributed by atoms with Crippen LogP contribution >= 0.6 is 11.3 Å². The molecule has 3 heterocycles. The molecule has 0 spiro atoms. The summed E-state index contributed by atoms with van der Waals surface area (Å²) in [7, 11) is -3.66. The third kappa shape index (κ3) is 4.27. The molecule has 1 N–H and O–H groups in total. The monoisotopic (exact) mass is 410 g/mol.